The van der Waals surface area contributed by atoms with Gasteiger partial charge in [0.25, 0.3) is 11.8 Å². The number of methoxy groups -OCH3 is 1. The Hall–Kier alpha value is -3.76. The molecule has 1 aromatic rings. The Morgan fingerprint density at radius 3 is 2.44 bits per heavy atom. The zero-order chi connectivity index (χ0) is 23.0. The molecule has 3 aliphatic rings. The van der Waals surface area contributed by atoms with E-state index in [1.807, 2.05) is 12.2 Å². The Kier molecular flexibility index (Phi) is 5.64. The van der Waals surface area contributed by atoms with Crippen molar-refractivity contribution >= 4 is 29.7 Å². The molecule has 32 heavy (non-hydrogen) atoms. The third-order valence-electron chi connectivity index (χ3n) is 5.89. The maximum absolute atomic E-state index is 12.7. The van der Waals surface area contributed by atoms with E-state index in [0.29, 0.717) is 0 Å². The van der Waals surface area contributed by atoms with Crippen molar-refractivity contribution in [1.82, 2.24) is 5.01 Å². The van der Waals surface area contributed by atoms with Crippen molar-refractivity contribution in [3.8, 4) is 11.5 Å². The lowest BCUT2D eigenvalue weighted by molar-refractivity contribution is -0.385. The van der Waals surface area contributed by atoms with E-state index in [1.54, 1.807) is 6.92 Å². The first-order valence-electron chi connectivity index (χ1n) is 10.1. The number of allylic oxidation sites excluding steroid dienone is 2. The minimum atomic E-state index is -0.715. The molecule has 2 aliphatic carbocycles. The van der Waals surface area contributed by atoms with Crippen LogP contribution >= 0.6 is 0 Å². The van der Waals surface area contributed by atoms with Crippen molar-refractivity contribution in [3.05, 3.63) is 40.0 Å². The molecule has 4 unspecified atom stereocenters. The highest BCUT2D eigenvalue weighted by molar-refractivity contribution is 6.06. The van der Waals surface area contributed by atoms with Gasteiger partial charge in [0.15, 0.2) is 12.4 Å². The highest BCUT2D eigenvalue weighted by Gasteiger charge is 2.59. The number of ether oxygens (including phenoxy) is 3. The quantitative estimate of drug-likeness (QED) is 0.148. The van der Waals surface area contributed by atoms with E-state index in [2.05, 4.69) is 9.84 Å². The number of hydrogen-bond acceptors (Lipinski definition) is 9. The van der Waals surface area contributed by atoms with Crippen LogP contribution in [-0.4, -0.2) is 54.3 Å². The topological polar surface area (TPSA) is 138 Å². The summed E-state index contributed by atoms with van der Waals surface area (Å²) in [5.74, 6) is -2.31. The molecule has 0 aromatic heterocycles. The lowest BCUT2D eigenvalue weighted by Gasteiger charge is -2.13. The van der Waals surface area contributed by atoms with Crippen LogP contribution in [0.4, 0.5) is 5.69 Å². The van der Waals surface area contributed by atoms with Crippen molar-refractivity contribution in [2.75, 3.05) is 20.3 Å². The minimum Gasteiger partial charge on any atom is -0.490 e. The predicted molar refractivity (Wildman–Crippen MR) is 109 cm³/mol. The molecule has 1 aromatic carbocycles. The zero-order valence-electron chi connectivity index (χ0n) is 17.4. The van der Waals surface area contributed by atoms with Gasteiger partial charge in [-0.1, -0.05) is 12.2 Å². The molecule has 1 aliphatic heterocycles. The zero-order valence-corrected chi connectivity index (χ0v) is 17.4. The van der Waals surface area contributed by atoms with E-state index in [1.165, 1.54) is 19.4 Å². The van der Waals surface area contributed by atoms with Crippen LogP contribution in [0.2, 0.25) is 0 Å². The number of rotatable bonds is 8. The maximum atomic E-state index is 12.7. The number of hydrogen-bond donors (Lipinski definition) is 0. The van der Waals surface area contributed by atoms with Crippen LogP contribution in [0.25, 0.3) is 0 Å². The number of nitrogens with zero attached hydrogens (tertiary/aromatic N) is 3. The molecule has 0 N–H and O–H groups in total. The molecule has 0 spiro atoms. The van der Waals surface area contributed by atoms with Crippen molar-refractivity contribution in [2.24, 2.45) is 28.8 Å². The Morgan fingerprint density at radius 2 is 1.88 bits per heavy atom. The van der Waals surface area contributed by atoms with Crippen LogP contribution < -0.4 is 9.47 Å². The number of hydrazone groups is 1. The van der Waals surface area contributed by atoms with Gasteiger partial charge in [0.05, 0.1) is 36.7 Å². The van der Waals surface area contributed by atoms with Gasteiger partial charge in [0, 0.05) is 11.6 Å². The van der Waals surface area contributed by atoms with E-state index in [-0.39, 0.29) is 47.3 Å². The highest BCUT2D eigenvalue weighted by Crippen LogP contribution is 2.52. The summed E-state index contributed by atoms with van der Waals surface area (Å²) >= 11 is 0. The molecule has 1 saturated heterocycles. The standard InChI is InChI=1S/C21H21N3O8/c1-3-31-15-7-11(6-14(24(28)29)19(15)32-10-16(25)30-2)9-22-23-20(26)17-12-4-5-13(8-12)18(17)21(23)27/h4-7,9,12-13,17-18H,3,8,10H2,1-2H3. The average molecular weight is 443 g/mol. The summed E-state index contributed by atoms with van der Waals surface area (Å²) in [6.45, 7) is 1.31. The van der Waals surface area contributed by atoms with Crippen molar-refractivity contribution < 1.29 is 33.5 Å². The third-order valence-corrected chi connectivity index (χ3v) is 5.89. The van der Waals surface area contributed by atoms with E-state index >= 15 is 0 Å². The van der Waals surface area contributed by atoms with Gasteiger partial charge in [-0.3, -0.25) is 19.7 Å². The predicted octanol–water partition coefficient (Wildman–Crippen LogP) is 1.69. The largest absolute Gasteiger partial charge is 0.490 e. The van der Waals surface area contributed by atoms with E-state index in [9.17, 15) is 24.5 Å². The number of nitro benzene ring substituents is 1. The van der Waals surface area contributed by atoms with Crippen LogP contribution in [0.5, 0.6) is 11.5 Å². The third kappa shape index (κ3) is 3.59. The summed E-state index contributed by atoms with van der Waals surface area (Å²) in [4.78, 5) is 47.8. The second kappa shape index (κ2) is 8.40. The smallest absolute Gasteiger partial charge is 0.343 e. The van der Waals surface area contributed by atoms with Crippen LogP contribution in [0.15, 0.2) is 29.4 Å². The molecule has 2 amide bonds. The molecular weight excluding hydrogens is 422 g/mol. The number of carbonyl (C=O) groups is 3. The summed E-state index contributed by atoms with van der Waals surface area (Å²) in [6.07, 6.45) is 5.97. The molecule has 1 saturated carbocycles. The number of benzene rings is 1. The number of imide groups is 1. The summed E-state index contributed by atoms with van der Waals surface area (Å²) in [5, 5.41) is 16.5. The Balaban J connectivity index is 1.61. The van der Waals surface area contributed by atoms with Gasteiger partial charge in [0.2, 0.25) is 5.75 Å². The second-order valence-electron chi connectivity index (χ2n) is 7.65. The fourth-order valence-electron chi connectivity index (χ4n) is 4.54. The molecule has 4 atom stereocenters. The van der Waals surface area contributed by atoms with E-state index < -0.39 is 35.0 Å². The Bertz CT molecular complexity index is 1020. The first kappa shape index (κ1) is 21.5. The number of carbonyl (C=O) groups excluding carboxylic acids is 3. The molecular formula is C21H21N3O8. The van der Waals surface area contributed by atoms with Gasteiger partial charge in [-0.25, -0.2) is 4.79 Å². The van der Waals surface area contributed by atoms with E-state index in [0.717, 1.165) is 17.5 Å². The SMILES string of the molecule is CCOc1cc(C=NN2C(=O)C3C4C=CC(C4)C3C2=O)cc([N+](=O)[O-])c1OCC(=O)OC. The lowest BCUT2D eigenvalue weighted by atomic mass is 9.85. The fraction of sp³-hybridized carbons (Fsp3) is 0.429. The molecule has 2 bridgehead atoms. The van der Waals surface area contributed by atoms with Gasteiger partial charge in [-0.05, 0) is 31.2 Å². The van der Waals surface area contributed by atoms with Crippen molar-refractivity contribution in [1.29, 1.82) is 0 Å². The molecule has 11 nitrogen and oxygen atoms in total. The van der Waals surface area contributed by atoms with Gasteiger partial charge in [0.1, 0.15) is 0 Å². The maximum Gasteiger partial charge on any atom is 0.343 e. The Labute approximate surface area is 182 Å². The highest BCUT2D eigenvalue weighted by atomic mass is 16.6. The summed E-state index contributed by atoms with van der Waals surface area (Å²) < 4.78 is 15.2. The molecule has 0 radical (unpaired) electrons. The number of amides is 2. The fourth-order valence-corrected chi connectivity index (χ4v) is 4.54. The average Bonchev–Trinajstić information content (AvgIpc) is 3.45. The van der Waals surface area contributed by atoms with Gasteiger partial charge < -0.3 is 14.2 Å². The normalized spacial score (nSPS) is 25.5. The van der Waals surface area contributed by atoms with E-state index in [4.69, 9.17) is 9.47 Å². The number of fused-ring (bicyclic) bond motifs is 5. The molecule has 1 heterocycles. The Morgan fingerprint density at radius 1 is 1.22 bits per heavy atom. The second-order valence-corrected chi connectivity index (χ2v) is 7.65. The summed E-state index contributed by atoms with van der Waals surface area (Å²) in [6, 6.07) is 2.58. The first-order chi connectivity index (χ1) is 15.3. The summed E-state index contributed by atoms with van der Waals surface area (Å²) in [5.41, 5.74) is -0.233. The minimum absolute atomic E-state index is 0.0187. The monoisotopic (exact) mass is 443 g/mol. The van der Waals surface area contributed by atoms with Crippen LogP contribution in [0.1, 0.15) is 18.9 Å². The number of esters is 1. The van der Waals surface area contributed by atoms with Crippen LogP contribution in [-0.2, 0) is 19.1 Å². The molecule has 2 fully saturated rings. The van der Waals surface area contributed by atoms with Crippen LogP contribution in [0.3, 0.4) is 0 Å². The molecule has 4 rings (SSSR count). The molecule has 168 valence electrons. The van der Waals surface area contributed by atoms with Gasteiger partial charge in [-0.15, -0.1) is 0 Å². The van der Waals surface area contributed by atoms with Crippen molar-refractivity contribution in [3.63, 3.8) is 0 Å². The van der Waals surface area contributed by atoms with Gasteiger partial charge in [-0.2, -0.15) is 10.1 Å². The summed E-state index contributed by atoms with van der Waals surface area (Å²) in [7, 11) is 1.17. The first-order valence-corrected chi connectivity index (χ1v) is 10.1. The van der Waals surface area contributed by atoms with Crippen LogP contribution in [0, 0.1) is 33.8 Å². The van der Waals surface area contributed by atoms with Gasteiger partial charge >= 0.3 is 11.7 Å². The van der Waals surface area contributed by atoms with Crippen molar-refractivity contribution in [2.45, 2.75) is 13.3 Å². The number of nitro groups is 1. The lowest BCUT2D eigenvalue weighted by Crippen LogP contribution is -2.28. The molecule has 11 heteroatoms.